The first-order chi connectivity index (χ1) is 14.6. The van der Waals surface area contributed by atoms with Crippen molar-refractivity contribution in [2.75, 3.05) is 38.0 Å². The number of thiazole rings is 1. The zero-order valence-corrected chi connectivity index (χ0v) is 17.7. The van der Waals surface area contributed by atoms with E-state index in [4.69, 9.17) is 0 Å². The van der Waals surface area contributed by atoms with Crippen LogP contribution in [0.3, 0.4) is 0 Å². The number of anilines is 1. The number of benzene rings is 2. The summed E-state index contributed by atoms with van der Waals surface area (Å²) in [5.41, 5.74) is 4.21. The number of amides is 1. The second-order valence-corrected chi connectivity index (χ2v) is 8.82. The van der Waals surface area contributed by atoms with E-state index in [1.54, 1.807) is 0 Å². The molecule has 30 heavy (non-hydrogen) atoms. The van der Waals surface area contributed by atoms with Crippen LogP contribution in [0.25, 0.3) is 21.3 Å². The van der Waals surface area contributed by atoms with Gasteiger partial charge in [-0.05, 0) is 36.8 Å². The smallest absolute Gasteiger partial charge is 0.240 e. The molecular formula is C22H24N6OS. The molecule has 0 spiro atoms. The normalized spacial score (nSPS) is 15.8. The van der Waals surface area contributed by atoms with E-state index in [9.17, 15) is 4.79 Å². The number of nitrogens with zero attached hydrogens (tertiary/aromatic N) is 4. The van der Waals surface area contributed by atoms with E-state index in [-0.39, 0.29) is 5.91 Å². The van der Waals surface area contributed by atoms with Crippen molar-refractivity contribution in [2.24, 2.45) is 0 Å². The van der Waals surface area contributed by atoms with Crippen molar-refractivity contribution in [3.05, 3.63) is 53.9 Å². The predicted molar refractivity (Wildman–Crippen MR) is 121 cm³/mol. The van der Waals surface area contributed by atoms with Crippen molar-refractivity contribution in [3.8, 4) is 0 Å². The Morgan fingerprint density at radius 3 is 2.70 bits per heavy atom. The molecule has 154 valence electrons. The largest absolute Gasteiger partial charge is 0.341 e. The van der Waals surface area contributed by atoms with E-state index in [2.05, 4.69) is 49.1 Å². The molecule has 8 heteroatoms. The van der Waals surface area contributed by atoms with Crippen LogP contribution in [0.1, 0.15) is 11.4 Å². The molecule has 7 nitrogen and oxygen atoms in total. The predicted octanol–water partition coefficient (Wildman–Crippen LogP) is 3.24. The first kappa shape index (κ1) is 19.2. The minimum atomic E-state index is -0.00323. The summed E-state index contributed by atoms with van der Waals surface area (Å²) in [6.45, 7) is 6.84. The maximum atomic E-state index is 12.5. The molecule has 2 aromatic carbocycles. The Labute approximate surface area is 178 Å². The summed E-state index contributed by atoms with van der Waals surface area (Å²) >= 11 is 1.52. The summed E-state index contributed by atoms with van der Waals surface area (Å²) in [5.74, 6) is 0.991. The average molecular weight is 421 g/mol. The topological polar surface area (TPSA) is 77.2 Å². The number of aromatic amines is 1. The van der Waals surface area contributed by atoms with Crippen molar-refractivity contribution < 1.29 is 4.79 Å². The number of hydrogen-bond acceptors (Lipinski definition) is 6. The van der Waals surface area contributed by atoms with Crippen LogP contribution in [0.4, 0.5) is 5.13 Å². The number of H-pyrrole nitrogens is 1. The summed E-state index contributed by atoms with van der Waals surface area (Å²) < 4.78 is 1.10. The lowest BCUT2D eigenvalue weighted by atomic mass is 10.2. The van der Waals surface area contributed by atoms with Crippen LogP contribution in [0.2, 0.25) is 0 Å². The van der Waals surface area contributed by atoms with Crippen molar-refractivity contribution in [1.29, 1.82) is 0 Å². The van der Waals surface area contributed by atoms with Crippen molar-refractivity contribution in [2.45, 2.75) is 13.5 Å². The number of carbonyl (C=O) groups is 1. The van der Waals surface area contributed by atoms with E-state index in [0.717, 1.165) is 59.8 Å². The second kappa shape index (κ2) is 8.14. The molecular weight excluding hydrogens is 396 g/mol. The summed E-state index contributed by atoms with van der Waals surface area (Å²) in [5, 5.41) is 3.63. The fraction of sp³-hybridized carbons (Fsp3) is 0.318. The molecule has 1 amide bonds. The van der Waals surface area contributed by atoms with Crippen LogP contribution >= 0.6 is 11.3 Å². The van der Waals surface area contributed by atoms with E-state index >= 15 is 0 Å². The molecule has 4 aromatic rings. The van der Waals surface area contributed by atoms with Gasteiger partial charge >= 0.3 is 0 Å². The molecule has 5 rings (SSSR count). The molecule has 2 aromatic heterocycles. The summed E-state index contributed by atoms with van der Waals surface area (Å²) in [4.78, 5) is 29.6. The van der Waals surface area contributed by atoms with Gasteiger partial charge in [-0.25, -0.2) is 9.97 Å². The zero-order valence-electron chi connectivity index (χ0n) is 16.9. The third-order valence-corrected chi connectivity index (χ3v) is 6.37. The number of aromatic nitrogens is 3. The highest BCUT2D eigenvalue weighted by atomic mass is 32.1. The number of carbonyl (C=O) groups excluding carboxylic acids is 1. The highest BCUT2D eigenvalue weighted by Gasteiger charge is 2.20. The molecule has 0 radical (unpaired) electrons. The van der Waals surface area contributed by atoms with Gasteiger partial charge in [0.15, 0.2) is 5.13 Å². The van der Waals surface area contributed by atoms with E-state index in [1.807, 2.05) is 30.3 Å². The van der Waals surface area contributed by atoms with Crippen molar-refractivity contribution >= 4 is 43.6 Å². The molecule has 1 saturated heterocycles. The number of aryl methyl sites for hydroxylation is 1. The van der Waals surface area contributed by atoms with Gasteiger partial charge in [0.2, 0.25) is 5.91 Å². The summed E-state index contributed by atoms with van der Waals surface area (Å²) in [7, 11) is 0. The van der Waals surface area contributed by atoms with Crippen LogP contribution in [0.5, 0.6) is 0 Å². The van der Waals surface area contributed by atoms with Gasteiger partial charge in [0, 0.05) is 26.2 Å². The van der Waals surface area contributed by atoms with Gasteiger partial charge in [-0.3, -0.25) is 14.6 Å². The fourth-order valence-corrected chi connectivity index (χ4v) is 4.83. The fourth-order valence-electron chi connectivity index (χ4n) is 3.85. The van der Waals surface area contributed by atoms with Gasteiger partial charge in [-0.2, -0.15) is 0 Å². The van der Waals surface area contributed by atoms with Crippen LogP contribution < -0.4 is 5.32 Å². The quantitative estimate of drug-likeness (QED) is 0.518. The molecule has 0 saturated carbocycles. The van der Waals surface area contributed by atoms with Gasteiger partial charge in [-0.1, -0.05) is 29.5 Å². The third-order valence-electron chi connectivity index (χ3n) is 5.43. The number of nitrogens with one attached hydrogen (secondary N) is 2. The molecule has 2 N–H and O–H groups in total. The molecule has 0 unspecified atom stereocenters. The standard InChI is InChI=1S/C22H24N6OS/c1-15-6-7-18-19(12-15)30-22(25-18)26-21(29)14-28-10-8-27(9-11-28)13-20-23-16-4-2-3-5-17(16)24-20/h2-7,12H,8-11,13-14H2,1H3,(H,23,24)(H,25,26,29). The summed E-state index contributed by atoms with van der Waals surface area (Å²) in [6, 6.07) is 14.2. The van der Waals surface area contributed by atoms with Gasteiger partial charge in [-0.15, -0.1) is 0 Å². The number of hydrogen-bond donors (Lipinski definition) is 2. The Morgan fingerprint density at radius 1 is 1.07 bits per heavy atom. The van der Waals surface area contributed by atoms with Crippen molar-refractivity contribution in [1.82, 2.24) is 24.8 Å². The maximum Gasteiger partial charge on any atom is 0.240 e. The molecule has 3 heterocycles. The molecule has 0 atom stereocenters. The van der Waals surface area contributed by atoms with Gasteiger partial charge in [0.25, 0.3) is 0 Å². The molecule has 1 aliphatic heterocycles. The minimum absolute atomic E-state index is 0.00323. The average Bonchev–Trinajstić information content (AvgIpc) is 3.31. The molecule has 0 aliphatic carbocycles. The van der Waals surface area contributed by atoms with Gasteiger partial charge in [0.05, 0.1) is 34.3 Å². The van der Waals surface area contributed by atoms with Crippen LogP contribution in [0.15, 0.2) is 42.5 Å². The first-order valence-corrected chi connectivity index (χ1v) is 11.0. The van der Waals surface area contributed by atoms with E-state index < -0.39 is 0 Å². The number of para-hydroxylation sites is 2. The Hall–Kier alpha value is -2.81. The van der Waals surface area contributed by atoms with Gasteiger partial charge < -0.3 is 10.3 Å². The van der Waals surface area contributed by atoms with Gasteiger partial charge in [0.1, 0.15) is 5.82 Å². The lowest BCUT2D eigenvalue weighted by Gasteiger charge is -2.33. The number of imidazole rings is 1. The third kappa shape index (κ3) is 4.21. The van der Waals surface area contributed by atoms with E-state index in [1.165, 1.54) is 16.9 Å². The lowest BCUT2D eigenvalue weighted by Crippen LogP contribution is -2.48. The number of fused-ring (bicyclic) bond motifs is 2. The Morgan fingerprint density at radius 2 is 1.87 bits per heavy atom. The Kier molecular flexibility index (Phi) is 5.20. The second-order valence-electron chi connectivity index (χ2n) is 7.79. The maximum absolute atomic E-state index is 12.5. The highest BCUT2D eigenvalue weighted by Crippen LogP contribution is 2.26. The van der Waals surface area contributed by atoms with E-state index in [0.29, 0.717) is 11.7 Å². The summed E-state index contributed by atoms with van der Waals surface area (Å²) in [6.07, 6.45) is 0. The van der Waals surface area contributed by atoms with Crippen LogP contribution in [-0.4, -0.2) is 63.4 Å². The number of piperazine rings is 1. The molecule has 1 aliphatic rings. The van der Waals surface area contributed by atoms with Crippen LogP contribution in [-0.2, 0) is 11.3 Å². The number of rotatable bonds is 5. The van der Waals surface area contributed by atoms with Crippen LogP contribution in [0, 0.1) is 6.92 Å². The molecule has 0 bridgehead atoms. The van der Waals surface area contributed by atoms with Crippen molar-refractivity contribution in [3.63, 3.8) is 0 Å². The SMILES string of the molecule is Cc1ccc2nc(NC(=O)CN3CCN(Cc4nc5ccccc5[nH]4)CC3)sc2c1. The highest BCUT2D eigenvalue weighted by molar-refractivity contribution is 7.22. The zero-order chi connectivity index (χ0) is 20.5. The Bertz CT molecular complexity index is 1160. The molecule has 1 fully saturated rings. The first-order valence-electron chi connectivity index (χ1n) is 10.2. The minimum Gasteiger partial charge on any atom is -0.341 e. The Balaban J connectivity index is 1.12. The monoisotopic (exact) mass is 420 g/mol. The lowest BCUT2D eigenvalue weighted by molar-refractivity contribution is -0.117.